The summed E-state index contributed by atoms with van der Waals surface area (Å²) in [5, 5.41) is 19.8. The third-order valence-corrected chi connectivity index (χ3v) is 8.24. The molecule has 5 heterocycles. The van der Waals surface area contributed by atoms with Gasteiger partial charge in [-0.25, -0.2) is 4.98 Å². The Morgan fingerprint density at radius 2 is 2.06 bits per heavy atom. The fraction of sp³-hybridized carbons (Fsp3) is 0.654. The minimum atomic E-state index is -0.106. The maximum Gasteiger partial charge on any atom is 0.136 e. The minimum absolute atomic E-state index is 0.106. The van der Waals surface area contributed by atoms with E-state index < -0.39 is 0 Å². The van der Waals surface area contributed by atoms with Crippen LogP contribution in [0, 0.1) is 19.3 Å². The standard InChI is InChI=1S/C26H39N7O2/c1-18-13-23(20(14-27)24(28-3)30-18)32-11-5-22-21(15-32)19(2)31-33(22)16-26-8-6-25(7-9-26,17-35-26)29-10-12-34-4/h13-14,27,29H,5-12,15-17H2,1-4H3,(H,28,30). The van der Waals surface area contributed by atoms with Crippen molar-refractivity contribution in [1.29, 1.82) is 5.41 Å². The van der Waals surface area contributed by atoms with Crippen LogP contribution < -0.4 is 15.5 Å². The van der Waals surface area contributed by atoms with Crippen molar-refractivity contribution in [3.05, 3.63) is 34.3 Å². The molecule has 190 valence electrons. The molecule has 1 saturated carbocycles. The topological polar surface area (TPSA) is 100 Å². The summed E-state index contributed by atoms with van der Waals surface area (Å²) in [5.74, 6) is 0.756. The lowest BCUT2D eigenvalue weighted by atomic mass is 9.71. The van der Waals surface area contributed by atoms with Gasteiger partial charge in [0.05, 0.1) is 42.3 Å². The highest BCUT2D eigenvalue weighted by molar-refractivity contribution is 5.92. The van der Waals surface area contributed by atoms with E-state index in [4.69, 9.17) is 20.0 Å². The molecular formula is C26H39N7O2. The van der Waals surface area contributed by atoms with Gasteiger partial charge in [-0.1, -0.05) is 0 Å². The Balaban J connectivity index is 1.32. The van der Waals surface area contributed by atoms with Crippen molar-refractivity contribution in [2.45, 2.75) is 70.2 Å². The second-order valence-corrected chi connectivity index (χ2v) is 10.5. The lowest BCUT2D eigenvalue weighted by molar-refractivity contribution is -0.170. The third-order valence-electron chi connectivity index (χ3n) is 8.24. The molecule has 0 aromatic carbocycles. The first-order chi connectivity index (χ1) is 16.9. The summed E-state index contributed by atoms with van der Waals surface area (Å²) < 4.78 is 14.0. The van der Waals surface area contributed by atoms with Gasteiger partial charge in [-0.3, -0.25) is 4.68 Å². The molecule has 2 bridgehead atoms. The third kappa shape index (κ3) is 4.45. The maximum absolute atomic E-state index is 7.99. The summed E-state index contributed by atoms with van der Waals surface area (Å²) in [5.41, 5.74) is 6.61. The number of methoxy groups -OCH3 is 1. The Morgan fingerprint density at radius 1 is 1.26 bits per heavy atom. The van der Waals surface area contributed by atoms with Crippen LogP contribution in [-0.2, 0) is 29.0 Å². The molecule has 0 spiro atoms. The molecule has 0 radical (unpaired) electrons. The van der Waals surface area contributed by atoms with Crippen molar-refractivity contribution in [2.24, 2.45) is 0 Å². The zero-order chi connectivity index (χ0) is 24.6. The molecule has 35 heavy (non-hydrogen) atoms. The largest absolute Gasteiger partial charge is 0.383 e. The van der Waals surface area contributed by atoms with Crippen LogP contribution in [0.25, 0.3) is 0 Å². The number of fused-ring (bicyclic) bond motifs is 4. The van der Waals surface area contributed by atoms with Crippen LogP contribution >= 0.6 is 0 Å². The number of pyridine rings is 1. The van der Waals surface area contributed by atoms with Crippen LogP contribution in [0.3, 0.4) is 0 Å². The van der Waals surface area contributed by atoms with E-state index in [-0.39, 0.29) is 11.1 Å². The van der Waals surface area contributed by atoms with Crippen LogP contribution in [-0.4, -0.2) is 72.6 Å². The van der Waals surface area contributed by atoms with E-state index in [0.717, 1.165) is 100.0 Å². The molecule has 2 saturated heterocycles. The van der Waals surface area contributed by atoms with Crippen molar-refractivity contribution < 1.29 is 9.47 Å². The van der Waals surface area contributed by atoms with Gasteiger partial charge >= 0.3 is 0 Å². The number of ether oxygens (including phenoxy) is 2. The van der Waals surface area contributed by atoms with Gasteiger partial charge in [0, 0.05) is 68.9 Å². The number of rotatable bonds is 9. The molecule has 6 rings (SSSR count). The number of aryl methyl sites for hydroxylation is 2. The quantitative estimate of drug-likeness (QED) is 0.374. The first-order valence-electron chi connectivity index (χ1n) is 12.8. The Hall–Kier alpha value is -2.49. The van der Waals surface area contributed by atoms with Gasteiger partial charge in [-0.15, -0.1) is 0 Å². The molecule has 3 fully saturated rings. The highest BCUT2D eigenvalue weighted by atomic mass is 16.5. The average Bonchev–Trinajstić information content (AvgIpc) is 3.18. The Bertz CT molecular complexity index is 1070. The van der Waals surface area contributed by atoms with Crippen molar-refractivity contribution in [2.75, 3.05) is 50.7 Å². The van der Waals surface area contributed by atoms with E-state index in [2.05, 4.69) is 38.2 Å². The van der Waals surface area contributed by atoms with Crippen molar-refractivity contribution in [1.82, 2.24) is 20.1 Å². The molecule has 0 atom stereocenters. The minimum Gasteiger partial charge on any atom is -0.383 e. The maximum atomic E-state index is 7.99. The lowest BCUT2D eigenvalue weighted by Crippen LogP contribution is -2.63. The molecule has 2 aromatic rings. The lowest BCUT2D eigenvalue weighted by Gasteiger charge is -2.53. The summed E-state index contributed by atoms with van der Waals surface area (Å²) in [7, 11) is 3.61. The normalized spacial score (nSPS) is 25.5. The summed E-state index contributed by atoms with van der Waals surface area (Å²) in [4.78, 5) is 6.93. The van der Waals surface area contributed by atoms with Crippen LogP contribution in [0.5, 0.6) is 0 Å². The summed E-state index contributed by atoms with van der Waals surface area (Å²) in [6.45, 7) is 9.04. The van der Waals surface area contributed by atoms with Gasteiger partial charge < -0.3 is 30.4 Å². The first kappa shape index (κ1) is 24.2. The summed E-state index contributed by atoms with van der Waals surface area (Å²) >= 11 is 0. The predicted octanol–water partition coefficient (Wildman–Crippen LogP) is 2.81. The average molecular weight is 482 g/mol. The van der Waals surface area contributed by atoms with Gasteiger partial charge in [0.2, 0.25) is 0 Å². The molecular weight excluding hydrogens is 442 g/mol. The molecule has 9 nitrogen and oxygen atoms in total. The highest BCUT2D eigenvalue weighted by Crippen LogP contribution is 2.45. The van der Waals surface area contributed by atoms with Crippen LogP contribution in [0.1, 0.15) is 53.9 Å². The molecule has 2 aromatic heterocycles. The molecule has 0 unspecified atom stereocenters. The number of hydrogen-bond acceptors (Lipinski definition) is 8. The van der Waals surface area contributed by atoms with E-state index >= 15 is 0 Å². The Kier molecular flexibility index (Phi) is 6.59. The van der Waals surface area contributed by atoms with Gasteiger partial charge in [-0.05, 0) is 45.6 Å². The van der Waals surface area contributed by atoms with Gasteiger partial charge in [0.1, 0.15) is 5.82 Å². The van der Waals surface area contributed by atoms with Crippen LogP contribution in [0.4, 0.5) is 11.5 Å². The van der Waals surface area contributed by atoms with Crippen molar-refractivity contribution in [3.63, 3.8) is 0 Å². The Labute approximate surface area is 208 Å². The number of aromatic nitrogens is 3. The van der Waals surface area contributed by atoms with Crippen LogP contribution in [0.2, 0.25) is 0 Å². The zero-order valence-corrected chi connectivity index (χ0v) is 21.5. The molecule has 4 aliphatic rings. The second-order valence-electron chi connectivity index (χ2n) is 10.5. The SMILES string of the molecule is CNc1nc(C)cc(N2CCc3c(c(C)nn3CC34CCC(NCCOC)(CC3)CO4)C2)c1C=N. The van der Waals surface area contributed by atoms with Gasteiger partial charge in [0.25, 0.3) is 0 Å². The molecule has 0 amide bonds. The smallest absolute Gasteiger partial charge is 0.136 e. The monoisotopic (exact) mass is 481 g/mol. The van der Waals surface area contributed by atoms with Gasteiger partial charge in [0.15, 0.2) is 0 Å². The molecule has 9 heteroatoms. The fourth-order valence-corrected chi connectivity index (χ4v) is 6.15. The van der Waals surface area contributed by atoms with E-state index in [1.54, 1.807) is 7.11 Å². The van der Waals surface area contributed by atoms with Gasteiger partial charge in [-0.2, -0.15) is 5.10 Å². The fourth-order valence-electron chi connectivity index (χ4n) is 6.15. The molecule has 3 N–H and O–H groups in total. The Morgan fingerprint density at radius 3 is 2.71 bits per heavy atom. The van der Waals surface area contributed by atoms with Crippen molar-refractivity contribution >= 4 is 17.7 Å². The summed E-state index contributed by atoms with van der Waals surface area (Å²) in [6, 6.07) is 2.09. The molecule has 1 aliphatic carbocycles. The zero-order valence-electron chi connectivity index (χ0n) is 21.5. The highest BCUT2D eigenvalue weighted by Gasteiger charge is 2.50. The van der Waals surface area contributed by atoms with E-state index in [1.165, 1.54) is 17.5 Å². The number of hydrogen-bond donors (Lipinski definition) is 3. The van der Waals surface area contributed by atoms with Crippen molar-refractivity contribution in [3.8, 4) is 0 Å². The van der Waals surface area contributed by atoms with E-state index in [9.17, 15) is 0 Å². The number of nitrogens with one attached hydrogen (secondary N) is 3. The predicted molar refractivity (Wildman–Crippen MR) is 138 cm³/mol. The molecule has 3 aliphatic heterocycles. The number of nitrogens with zero attached hydrogens (tertiary/aromatic N) is 4. The second kappa shape index (κ2) is 9.52. The summed E-state index contributed by atoms with van der Waals surface area (Å²) in [6.07, 6.45) is 6.77. The number of anilines is 2. The van der Waals surface area contributed by atoms with Crippen LogP contribution in [0.15, 0.2) is 6.07 Å². The van der Waals surface area contributed by atoms with E-state index in [1.807, 2.05) is 14.0 Å². The van der Waals surface area contributed by atoms with E-state index in [0.29, 0.717) is 0 Å². The first-order valence-corrected chi connectivity index (χ1v) is 12.8.